The Morgan fingerprint density at radius 2 is 2.06 bits per heavy atom. The first-order chi connectivity index (χ1) is 8.63. The van der Waals surface area contributed by atoms with Crippen LogP contribution < -0.4 is 4.90 Å². The standard InChI is InChI=1S/C14H17N3O/c1-11(2)17(7-3-6-15)14-5-4-12(10-18)8-13(14)9-16/h4-5,8,11,18H,3,7,10H2,1-2H3. The van der Waals surface area contributed by atoms with Crippen molar-refractivity contribution < 1.29 is 5.11 Å². The zero-order chi connectivity index (χ0) is 13.5. The van der Waals surface area contributed by atoms with Gasteiger partial charge in [0.1, 0.15) is 6.07 Å². The van der Waals surface area contributed by atoms with E-state index in [-0.39, 0.29) is 12.6 Å². The number of rotatable bonds is 5. The van der Waals surface area contributed by atoms with Crippen molar-refractivity contribution in [2.24, 2.45) is 0 Å². The minimum atomic E-state index is -0.0746. The quantitative estimate of drug-likeness (QED) is 0.860. The molecule has 0 spiro atoms. The minimum Gasteiger partial charge on any atom is -0.392 e. The van der Waals surface area contributed by atoms with Crippen molar-refractivity contribution in [3.63, 3.8) is 0 Å². The van der Waals surface area contributed by atoms with Gasteiger partial charge in [-0.2, -0.15) is 10.5 Å². The van der Waals surface area contributed by atoms with E-state index >= 15 is 0 Å². The lowest BCUT2D eigenvalue weighted by atomic mass is 10.1. The Morgan fingerprint density at radius 3 is 2.56 bits per heavy atom. The smallest absolute Gasteiger partial charge is 0.101 e. The topological polar surface area (TPSA) is 71.1 Å². The molecule has 1 N–H and O–H groups in total. The van der Waals surface area contributed by atoms with Crippen LogP contribution in [0.3, 0.4) is 0 Å². The van der Waals surface area contributed by atoms with E-state index in [1.54, 1.807) is 12.1 Å². The maximum atomic E-state index is 9.17. The SMILES string of the molecule is CC(C)N(CCC#N)c1ccc(CO)cc1C#N. The third-order valence-electron chi connectivity index (χ3n) is 2.76. The van der Waals surface area contributed by atoms with E-state index in [4.69, 9.17) is 10.4 Å². The Kier molecular flexibility index (Phi) is 5.17. The first kappa shape index (κ1) is 14.0. The molecular weight excluding hydrogens is 226 g/mol. The van der Waals surface area contributed by atoms with Crippen LogP contribution in [0.25, 0.3) is 0 Å². The highest BCUT2D eigenvalue weighted by Gasteiger charge is 2.14. The number of hydrogen-bond acceptors (Lipinski definition) is 4. The lowest BCUT2D eigenvalue weighted by molar-refractivity contribution is 0.282. The van der Waals surface area contributed by atoms with E-state index in [1.165, 1.54) is 0 Å². The van der Waals surface area contributed by atoms with Gasteiger partial charge in [-0.3, -0.25) is 0 Å². The molecule has 1 rings (SSSR count). The molecule has 4 heteroatoms. The van der Waals surface area contributed by atoms with Crippen LogP contribution in [0.1, 0.15) is 31.4 Å². The molecule has 0 saturated heterocycles. The minimum absolute atomic E-state index is 0.0746. The highest BCUT2D eigenvalue weighted by Crippen LogP contribution is 2.23. The van der Waals surface area contributed by atoms with Crippen molar-refractivity contribution in [1.82, 2.24) is 0 Å². The third kappa shape index (κ3) is 3.23. The molecule has 0 aromatic heterocycles. The van der Waals surface area contributed by atoms with Crippen molar-refractivity contribution in [2.45, 2.75) is 32.9 Å². The second kappa shape index (κ2) is 6.64. The summed E-state index contributed by atoms with van der Waals surface area (Å²) in [5.41, 5.74) is 2.08. The van der Waals surface area contributed by atoms with Crippen LogP contribution in [0.15, 0.2) is 18.2 Å². The van der Waals surface area contributed by atoms with Gasteiger partial charge in [-0.1, -0.05) is 6.07 Å². The number of aliphatic hydroxyl groups is 1. The van der Waals surface area contributed by atoms with Crippen LogP contribution in [0, 0.1) is 22.7 Å². The lowest BCUT2D eigenvalue weighted by Gasteiger charge is -2.29. The van der Waals surface area contributed by atoms with E-state index in [0.29, 0.717) is 18.5 Å². The van der Waals surface area contributed by atoms with Crippen LogP contribution in [0.5, 0.6) is 0 Å². The van der Waals surface area contributed by atoms with Crippen LogP contribution in [-0.4, -0.2) is 17.7 Å². The molecule has 94 valence electrons. The van der Waals surface area contributed by atoms with Crippen LogP contribution >= 0.6 is 0 Å². The first-order valence-corrected chi connectivity index (χ1v) is 5.91. The summed E-state index contributed by atoms with van der Waals surface area (Å²) in [4.78, 5) is 2.03. The average molecular weight is 243 g/mol. The lowest BCUT2D eigenvalue weighted by Crippen LogP contribution is -2.32. The summed E-state index contributed by atoms with van der Waals surface area (Å²) in [6.07, 6.45) is 0.421. The van der Waals surface area contributed by atoms with Crippen molar-refractivity contribution in [3.8, 4) is 12.1 Å². The van der Waals surface area contributed by atoms with Gasteiger partial charge in [-0.15, -0.1) is 0 Å². The highest BCUT2D eigenvalue weighted by molar-refractivity contribution is 5.61. The largest absolute Gasteiger partial charge is 0.392 e. The monoisotopic (exact) mass is 243 g/mol. The fourth-order valence-corrected chi connectivity index (χ4v) is 1.85. The van der Waals surface area contributed by atoms with E-state index in [1.807, 2.05) is 24.8 Å². The van der Waals surface area contributed by atoms with Gasteiger partial charge in [0, 0.05) is 12.6 Å². The molecule has 0 bridgehead atoms. The van der Waals surface area contributed by atoms with Gasteiger partial charge < -0.3 is 10.0 Å². The number of aliphatic hydroxyl groups excluding tert-OH is 1. The molecule has 0 aliphatic rings. The van der Waals surface area contributed by atoms with Gasteiger partial charge in [0.05, 0.1) is 30.3 Å². The molecule has 0 aliphatic heterocycles. The predicted molar refractivity (Wildman–Crippen MR) is 69.8 cm³/mol. The molecule has 0 atom stereocenters. The predicted octanol–water partition coefficient (Wildman–Crippen LogP) is 2.18. The third-order valence-corrected chi connectivity index (χ3v) is 2.76. The maximum absolute atomic E-state index is 9.17. The second-order valence-electron chi connectivity index (χ2n) is 4.32. The highest BCUT2D eigenvalue weighted by atomic mass is 16.3. The van der Waals surface area contributed by atoms with Gasteiger partial charge in [0.15, 0.2) is 0 Å². The van der Waals surface area contributed by atoms with Crippen molar-refractivity contribution >= 4 is 5.69 Å². The fourth-order valence-electron chi connectivity index (χ4n) is 1.85. The molecule has 1 aromatic carbocycles. The van der Waals surface area contributed by atoms with E-state index in [2.05, 4.69) is 12.1 Å². The Bertz CT molecular complexity index is 483. The summed E-state index contributed by atoms with van der Waals surface area (Å²) >= 11 is 0. The fraction of sp³-hybridized carbons (Fsp3) is 0.429. The Hall–Kier alpha value is -2.04. The van der Waals surface area contributed by atoms with E-state index in [9.17, 15) is 5.26 Å². The molecule has 0 saturated carbocycles. The van der Waals surface area contributed by atoms with Crippen molar-refractivity contribution in [2.75, 3.05) is 11.4 Å². The first-order valence-electron chi connectivity index (χ1n) is 5.91. The zero-order valence-corrected chi connectivity index (χ0v) is 10.7. The summed E-state index contributed by atoms with van der Waals surface area (Å²) in [5, 5.41) is 26.9. The Morgan fingerprint density at radius 1 is 1.33 bits per heavy atom. The molecule has 0 unspecified atom stereocenters. The molecule has 0 aliphatic carbocycles. The second-order valence-corrected chi connectivity index (χ2v) is 4.32. The van der Waals surface area contributed by atoms with Crippen LogP contribution in [0.2, 0.25) is 0 Å². The molecule has 0 heterocycles. The molecule has 0 fully saturated rings. The molecule has 1 aromatic rings. The van der Waals surface area contributed by atoms with Crippen molar-refractivity contribution in [3.05, 3.63) is 29.3 Å². The number of nitriles is 2. The number of benzene rings is 1. The van der Waals surface area contributed by atoms with Crippen LogP contribution in [0.4, 0.5) is 5.69 Å². The molecule has 0 radical (unpaired) electrons. The zero-order valence-electron chi connectivity index (χ0n) is 10.7. The normalized spacial score (nSPS) is 9.89. The molecular formula is C14H17N3O. The van der Waals surface area contributed by atoms with Gasteiger partial charge >= 0.3 is 0 Å². The Labute approximate surface area is 108 Å². The summed E-state index contributed by atoms with van der Waals surface area (Å²) in [6, 6.07) is 9.81. The Balaban J connectivity index is 3.12. The number of nitrogens with zero attached hydrogens (tertiary/aromatic N) is 3. The van der Waals surface area contributed by atoms with E-state index in [0.717, 1.165) is 11.3 Å². The maximum Gasteiger partial charge on any atom is 0.101 e. The summed E-state index contributed by atoms with van der Waals surface area (Å²) < 4.78 is 0. The summed E-state index contributed by atoms with van der Waals surface area (Å²) in [5.74, 6) is 0. The molecule has 0 amide bonds. The van der Waals surface area contributed by atoms with Gasteiger partial charge in [-0.25, -0.2) is 0 Å². The molecule has 18 heavy (non-hydrogen) atoms. The summed E-state index contributed by atoms with van der Waals surface area (Å²) in [7, 11) is 0. The van der Waals surface area contributed by atoms with Crippen LogP contribution in [-0.2, 0) is 6.61 Å². The van der Waals surface area contributed by atoms with Gasteiger partial charge in [0.2, 0.25) is 0 Å². The summed E-state index contributed by atoms with van der Waals surface area (Å²) in [6.45, 7) is 4.58. The van der Waals surface area contributed by atoms with Gasteiger partial charge in [-0.05, 0) is 31.5 Å². The number of anilines is 1. The van der Waals surface area contributed by atoms with E-state index < -0.39 is 0 Å². The number of hydrogen-bond donors (Lipinski definition) is 1. The average Bonchev–Trinajstić information content (AvgIpc) is 2.38. The van der Waals surface area contributed by atoms with Crippen molar-refractivity contribution in [1.29, 1.82) is 10.5 Å². The van der Waals surface area contributed by atoms with Gasteiger partial charge in [0.25, 0.3) is 0 Å². The molecule has 4 nitrogen and oxygen atoms in total.